The molecule has 0 atom stereocenters. The summed E-state index contributed by atoms with van der Waals surface area (Å²) in [4.78, 5) is 26.0. The summed E-state index contributed by atoms with van der Waals surface area (Å²) in [5.41, 5.74) is 3.18. The van der Waals surface area contributed by atoms with Gasteiger partial charge >= 0.3 is 0 Å². The number of carbonyl (C=O) groups excluding carboxylic acids is 2. The number of morpholine rings is 1. The van der Waals surface area contributed by atoms with Gasteiger partial charge in [0.1, 0.15) is 11.5 Å². The van der Waals surface area contributed by atoms with Crippen molar-refractivity contribution >= 4 is 49.9 Å². The fourth-order valence-electron chi connectivity index (χ4n) is 2.66. The van der Waals surface area contributed by atoms with Crippen LogP contribution in [0.4, 0.5) is 0 Å². The molecule has 0 aliphatic carbocycles. The van der Waals surface area contributed by atoms with Crippen molar-refractivity contribution in [3.05, 3.63) is 56.5 Å². The minimum absolute atomic E-state index is 0.0326. The minimum atomic E-state index is -0.549. The van der Waals surface area contributed by atoms with Crippen molar-refractivity contribution in [2.75, 3.05) is 32.9 Å². The van der Waals surface area contributed by atoms with Gasteiger partial charge in [-0.3, -0.25) is 9.59 Å². The number of phenolic OH excluding ortho intramolecular Hbond substituents is 1. The van der Waals surface area contributed by atoms with Crippen LogP contribution in [0.25, 0.3) is 0 Å². The number of benzene rings is 2. The number of phenols is 1. The lowest BCUT2D eigenvalue weighted by atomic mass is 10.2. The van der Waals surface area contributed by atoms with E-state index in [1.165, 1.54) is 12.3 Å². The Bertz CT molecular complexity index is 944. The Kier molecular flexibility index (Phi) is 7.83. The molecule has 1 saturated heterocycles. The molecule has 2 N–H and O–H groups in total. The van der Waals surface area contributed by atoms with Crippen LogP contribution in [-0.4, -0.2) is 60.9 Å². The molecule has 10 heteroatoms. The topological polar surface area (TPSA) is 100 Å². The molecule has 0 unspecified atom stereocenters. The Labute approximate surface area is 190 Å². The SMILES string of the molecule is O=C(N/N=C\c1ccc(OCC(=O)N2CCOCC2)cc1)c1cc(Br)cc(Br)c1O. The third-order valence-electron chi connectivity index (χ3n) is 4.26. The van der Waals surface area contributed by atoms with E-state index in [1.54, 1.807) is 35.2 Å². The van der Waals surface area contributed by atoms with Gasteiger partial charge in [-0.2, -0.15) is 5.10 Å². The molecule has 0 radical (unpaired) electrons. The Hall–Kier alpha value is -2.43. The number of amides is 2. The van der Waals surface area contributed by atoms with Crippen molar-refractivity contribution in [3.8, 4) is 11.5 Å². The molecule has 158 valence electrons. The molecule has 2 aromatic carbocycles. The van der Waals surface area contributed by atoms with Gasteiger partial charge in [-0.05, 0) is 57.9 Å². The average molecular weight is 541 g/mol. The van der Waals surface area contributed by atoms with Crippen LogP contribution in [0.1, 0.15) is 15.9 Å². The maximum atomic E-state index is 12.2. The van der Waals surface area contributed by atoms with Crippen LogP contribution in [-0.2, 0) is 9.53 Å². The van der Waals surface area contributed by atoms with Gasteiger partial charge in [-0.1, -0.05) is 15.9 Å². The van der Waals surface area contributed by atoms with Crippen molar-refractivity contribution in [3.63, 3.8) is 0 Å². The van der Waals surface area contributed by atoms with E-state index < -0.39 is 5.91 Å². The number of hydrazone groups is 1. The number of ether oxygens (including phenoxy) is 2. The summed E-state index contributed by atoms with van der Waals surface area (Å²) < 4.78 is 11.8. The maximum absolute atomic E-state index is 12.2. The molecule has 0 bridgehead atoms. The van der Waals surface area contributed by atoms with E-state index in [2.05, 4.69) is 42.4 Å². The van der Waals surface area contributed by atoms with Gasteiger partial charge in [0.15, 0.2) is 6.61 Å². The zero-order chi connectivity index (χ0) is 21.5. The van der Waals surface area contributed by atoms with E-state index in [4.69, 9.17) is 9.47 Å². The Morgan fingerprint density at radius 1 is 1.20 bits per heavy atom. The van der Waals surface area contributed by atoms with Gasteiger partial charge in [0.25, 0.3) is 11.8 Å². The smallest absolute Gasteiger partial charge is 0.275 e. The fraction of sp³-hybridized carbons (Fsp3) is 0.250. The Balaban J connectivity index is 1.51. The summed E-state index contributed by atoms with van der Waals surface area (Å²) in [5.74, 6) is -0.234. The Morgan fingerprint density at radius 3 is 2.60 bits per heavy atom. The van der Waals surface area contributed by atoms with Crippen LogP contribution in [0.2, 0.25) is 0 Å². The van der Waals surface area contributed by atoms with Gasteiger partial charge in [0.2, 0.25) is 0 Å². The highest BCUT2D eigenvalue weighted by Crippen LogP contribution is 2.31. The summed E-state index contributed by atoms with van der Waals surface area (Å²) >= 11 is 6.45. The van der Waals surface area contributed by atoms with Crippen LogP contribution >= 0.6 is 31.9 Å². The summed E-state index contributed by atoms with van der Waals surface area (Å²) in [6.45, 7) is 2.23. The van der Waals surface area contributed by atoms with Crippen LogP contribution in [0, 0.1) is 0 Å². The van der Waals surface area contributed by atoms with E-state index in [1.807, 2.05) is 0 Å². The normalized spacial score (nSPS) is 14.0. The second kappa shape index (κ2) is 10.6. The monoisotopic (exact) mass is 539 g/mol. The summed E-state index contributed by atoms with van der Waals surface area (Å²) in [6.07, 6.45) is 1.46. The average Bonchev–Trinajstić information content (AvgIpc) is 2.76. The molecule has 1 fully saturated rings. The van der Waals surface area contributed by atoms with E-state index >= 15 is 0 Å². The van der Waals surface area contributed by atoms with E-state index in [-0.39, 0.29) is 23.8 Å². The molecular weight excluding hydrogens is 522 g/mol. The van der Waals surface area contributed by atoms with E-state index in [0.29, 0.717) is 41.0 Å². The van der Waals surface area contributed by atoms with Gasteiger partial charge < -0.3 is 19.5 Å². The molecule has 0 aromatic heterocycles. The highest BCUT2D eigenvalue weighted by Gasteiger charge is 2.17. The van der Waals surface area contributed by atoms with Crippen LogP contribution in [0.5, 0.6) is 11.5 Å². The number of rotatable bonds is 6. The van der Waals surface area contributed by atoms with Gasteiger partial charge in [-0.15, -0.1) is 0 Å². The molecule has 0 spiro atoms. The number of nitrogens with zero attached hydrogens (tertiary/aromatic N) is 2. The third kappa shape index (κ3) is 6.04. The van der Waals surface area contributed by atoms with Crippen LogP contribution in [0.15, 0.2) is 50.4 Å². The largest absolute Gasteiger partial charge is 0.506 e. The summed E-state index contributed by atoms with van der Waals surface area (Å²) in [7, 11) is 0. The lowest BCUT2D eigenvalue weighted by Crippen LogP contribution is -2.42. The highest BCUT2D eigenvalue weighted by atomic mass is 79.9. The first-order chi connectivity index (χ1) is 14.4. The van der Waals surface area contributed by atoms with E-state index in [0.717, 1.165) is 5.56 Å². The first-order valence-electron chi connectivity index (χ1n) is 9.04. The van der Waals surface area contributed by atoms with Gasteiger partial charge in [0.05, 0.1) is 29.5 Å². The van der Waals surface area contributed by atoms with Crippen molar-refractivity contribution < 1.29 is 24.2 Å². The number of aromatic hydroxyl groups is 1. The molecule has 1 aliphatic rings. The van der Waals surface area contributed by atoms with Crippen molar-refractivity contribution in [1.82, 2.24) is 10.3 Å². The predicted octanol–water partition coefficient (Wildman–Crippen LogP) is 2.92. The molecule has 3 rings (SSSR count). The van der Waals surface area contributed by atoms with Gasteiger partial charge in [-0.25, -0.2) is 5.43 Å². The highest BCUT2D eigenvalue weighted by molar-refractivity contribution is 9.11. The first kappa shape index (κ1) is 22.3. The predicted molar refractivity (Wildman–Crippen MR) is 118 cm³/mol. The number of hydrogen-bond donors (Lipinski definition) is 2. The summed E-state index contributed by atoms with van der Waals surface area (Å²) in [6, 6.07) is 10.1. The van der Waals surface area contributed by atoms with Crippen LogP contribution in [0.3, 0.4) is 0 Å². The molecule has 1 aliphatic heterocycles. The molecule has 30 heavy (non-hydrogen) atoms. The van der Waals surface area contributed by atoms with E-state index in [9.17, 15) is 14.7 Å². The third-order valence-corrected chi connectivity index (χ3v) is 5.32. The second-order valence-corrected chi connectivity index (χ2v) is 8.10. The van der Waals surface area contributed by atoms with Crippen molar-refractivity contribution in [2.45, 2.75) is 0 Å². The number of halogens is 2. The minimum Gasteiger partial charge on any atom is -0.506 e. The van der Waals surface area contributed by atoms with Crippen molar-refractivity contribution in [2.24, 2.45) is 5.10 Å². The lowest BCUT2D eigenvalue weighted by molar-refractivity contribution is -0.137. The second-order valence-electron chi connectivity index (χ2n) is 6.33. The molecular formula is C20H19Br2N3O5. The standard InChI is InChI=1S/C20H19Br2N3O5/c21-14-9-16(19(27)17(22)10-14)20(28)24-23-11-13-1-3-15(4-2-13)30-12-18(26)25-5-7-29-8-6-25/h1-4,9-11,27H,5-8,12H2,(H,24,28)/b23-11-. The maximum Gasteiger partial charge on any atom is 0.275 e. The molecule has 1 heterocycles. The van der Waals surface area contributed by atoms with Crippen LogP contribution < -0.4 is 10.2 Å². The molecule has 8 nitrogen and oxygen atoms in total. The zero-order valence-corrected chi connectivity index (χ0v) is 19.0. The fourth-order valence-corrected chi connectivity index (χ4v) is 3.89. The van der Waals surface area contributed by atoms with Crippen molar-refractivity contribution in [1.29, 1.82) is 0 Å². The molecule has 2 aromatic rings. The number of nitrogens with one attached hydrogen (secondary N) is 1. The number of hydrogen-bond acceptors (Lipinski definition) is 6. The number of carbonyl (C=O) groups is 2. The quantitative estimate of drug-likeness (QED) is 0.433. The molecule has 2 amide bonds. The summed E-state index contributed by atoms with van der Waals surface area (Å²) in [5, 5.41) is 13.9. The molecule has 0 saturated carbocycles. The zero-order valence-electron chi connectivity index (χ0n) is 15.8. The Morgan fingerprint density at radius 2 is 1.90 bits per heavy atom. The lowest BCUT2D eigenvalue weighted by Gasteiger charge is -2.26. The first-order valence-corrected chi connectivity index (χ1v) is 10.6. The van der Waals surface area contributed by atoms with Gasteiger partial charge in [0, 0.05) is 17.6 Å².